The van der Waals surface area contributed by atoms with Crippen molar-refractivity contribution >= 4 is 29.2 Å². The van der Waals surface area contributed by atoms with Crippen LogP contribution in [0.4, 0.5) is 0 Å². The number of aromatic nitrogens is 3. The van der Waals surface area contributed by atoms with Crippen LogP contribution in [0, 0.1) is 0 Å². The number of pyridine rings is 1. The van der Waals surface area contributed by atoms with Crippen LogP contribution in [0.1, 0.15) is 10.4 Å². The minimum atomic E-state index is 0.518. The fourth-order valence-corrected chi connectivity index (χ4v) is 2.76. The summed E-state index contributed by atoms with van der Waals surface area (Å²) in [7, 11) is 0. The summed E-state index contributed by atoms with van der Waals surface area (Å²) in [5, 5.41) is 4.41. The van der Waals surface area contributed by atoms with Gasteiger partial charge >= 0.3 is 0 Å². The molecule has 94 valence electrons. The Kier molecular flexibility index (Phi) is 3.15. The van der Waals surface area contributed by atoms with Crippen LogP contribution in [-0.4, -0.2) is 21.1 Å². The van der Waals surface area contributed by atoms with Gasteiger partial charge in [-0.15, -0.1) is 11.3 Å². The second kappa shape index (κ2) is 4.95. The van der Waals surface area contributed by atoms with Crippen molar-refractivity contribution in [2.24, 2.45) is 0 Å². The number of hydrogen-bond donors (Lipinski definition) is 0. The molecule has 0 saturated carbocycles. The van der Waals surface area contributed by atoms with Crippen LogP contribution >= 0.6 is 22.9 Å². The van der Waals surface area contributed by atoms with Crippen molar-refractivity contribution in [3.05, 3.63) is 52.6 Å². The number of carbonyl (C=O) groups is 1. The highest BCUT2D eigenvalue weighted by atomic mass is 35.5. The van der Waals surface area contributed by atoms with Gasteiger partial charge in [0.2, 0.25) is 0 Å². The molecular formula is C13H8ClN3OS. The summed E-state index contributed by atoms with van der Waals surface area (Å²) in [6.45, 7) is 0. The van der Waals surface area contributed by atoms with Crippen molar-refractivity contribution in [2.75, 3.05) is 0 Å². The summed E-state index contributed by atoms with van der Waals surface area (Å²) in [4.78, 5) is 16.2. The quantitative estimate of drug-likeness (QED) is 0.694. The third-order valence-corrected chi connectivity index (χ3v) is 3.80. The van der Waals surface area contributed by atoms with Crippen molar-refractivity contribution in [2.45, 2.75) is 0 Å². The Hall–Kier alpha value is -1.98. The molecule has 0 spiro atoms. The zero-order valence-corrected chi connectivity index (χ0v) is 11.2. The van der Waals surface area contributed by atoms with Crippen LogP contribution in [0.2, 0.25) is 4.34 Å². The Labute approximate surface area is 118 Å². The molecule has 3 aromatic rings. The highest BCUT2D eigenvalue weighted by Gasteiger charge is 2.13. The molecule has 0 N–H and O–H groups in total. The lowest BCUT2D eigenvalue weighted by atomic mass is 10.2. The van der Waals surface area contributed by atoms with Gasteiger partial charge in [-0.2, -0.15) is 5.10 Å². The smallest absolute Gasteiger partial charge is 0.153 e. The molecule has 4 nitrogen and oxygen atoms in total. The number of carbonyl (C=O) groups excluding carboxylic acids is 1. The van der Waals surface area contributed by atoms with E-state index in [2.05, 4.69) is 10.1 Å². The van der Waals surface area contributed by atoms with E-state index in [0.717, 1.165) is 11.2 Å². The molecule has 3 rings (SSSR count). The first-order valence-corrected chi connectivity index (χ1v) is 6.69. The van der Waals surface area contributed by atoms with Gasteiger partial charge in [-0.1, -0.05) is 17.7 Å². The molecule has 0 radical (unpaired) electrons. The van der Waals surface area contributed by atoms with Gasteiger partial charge in [0.1, 0.15) is 5.69 Å². The SMILES string of the molecule is O=Cc1cn(-c2ccccn2)nc1-c1ccc(Cl)s1. The topological polar surface area (TPSA) is 47.8 Å². The van der Waals surface area contributed by atoms with Gasteiger partial charge in [0.05, 0.1) is 14.8 Å². The summed E-state index contributed by atoms with van der Waals surface area (Å²) in [5.41, 5.74) is 1.14. The maximum atomic E-state index is 11.1. The maximum Gasteiger partial charge on any atom is 0.153 e. The lowest BCUT2D eigenvalue weighted by molar-refractivity contribution is 0.112. The Bertz CT molecular complexity index is 721. The number of rotatable bonds is 3. The first kappa shape index (κ1) is 12.1. The van der Waals surface area contributed by atoms with E-state index in [1.165, 1.54) is 11.3 Å². The highest BCUT2D eigenvalue weighted by Crippen LogP contribution is 2.31. The summed E-state index contributed by atoms with van der Waals surface area (Å²) in [6, 6.07) is 9.16. The molecule has 0 aliphatic rings. The van der Waals surface area contributed by atoms with Gasteiger partial charge in [-0.05, 0) is 24.3 Å². The molecule has 0 unspecified atom stereocenters. The fourth-order valence-electron chi connectivity index (χ4n) is 1.71. The third-order valence-electron chi connectivity index (χ3n) is 2.56. The number of nitrogens with zero attached hydrogens (tertiary/aromatic N) is 3. The molecule has 0 aromatic carbocycles. The molecule has 0 saturated heterocycles. The molecule has 0 aliphatic carbocycles. The Morgan fingerprint density at radius 3 is 2.79 bits per heavy atom. The van der Waals surface area contributed by atoms with E-state index >= 15 is 0 Å². The summed E-state index contributed by atoms with van der Waals surface area (Å²) >= 11 is 7.30. The van der Waals surface area contributed by atoms with Crippen LogP contribution in [0.5, 0.6) is 0 Å². The highest BCUT2D eigenvalue weighted by molar-refractivity contribution is 7.19. The first-order chi connectivity index (χ1) is 9.28. The van der Waals surface area contributed by atoms with Crippen LogP contribution in [0.3, 0.4) is 0 Å². The molecule has 0 atom stereocenters. The average Bonchev–Trinajstić information content (AvgIpc) is 3.05. The van der Waals surface area contributed by atoms with Crippen LogP contribution < -0.4 is 0 Å². The number of aldehydes is 1. The number of hydrogen-bond acceptors (Lipinski definition) is 4. The van der Waals surface area contributed by atoms with E-state index in [9.17, 15) is 4.79 Å². The first-order valence-electron chi connectivity index (χ1n) is 5.50. The average molecular weight is 290 g/mol. The van der Waals surface area contributed by atoms with Gasteiger partial charge in [-0.3, -0.25) is 4.79 Å². The zero-order valence-electron chi connectivity index (χ0n) is 9.65. The van der Waals surface area contributed by atoms with Crippen LogP contribution in [0.15, 0.2) is 42.7 Å². The Morgan fingerprint density at radius 2 is 2.16 bits per heavy atom. The van der Waals surface area contributed by atoms with Crippen molar-refractivity contribution in [1.82, 2.24) is 14.8 Å². The monoisotopic (exact) mass is 289 g/mol. The normalized spacial score (nSPS) is 10.6. The Morgan fingerprint density at radius 1 is 1.26 bits per heavy atom. The standard InChI is InChI=1S/C13H8ClN3OS/c14-11-5-4-10(19-11)13-9(8-18)7-17(16-13)12-3-1-2-6-15-12/h1-8H. The summed E-state index contributed by atoms with van der Waals surface area (Å²) in [6.07, 6.45) is 4.13. The van der Waals surface area contributed by atoms with E-state index in [4.69, 9.17) is 11.6 Å². The van der Waals surface area contributed by atoms with E-state index in [0.29, 0.717) is 21.4 Å². The van der Waals surface area contributed by atoms with Gasteiger partial charge in [0.25, 0.3) is 0 Å². The largest absolute Gasteiger partial charge is 0.298 e. The second-order valence-corrected chi connectivity index (χ2v) is 5.50. The van der Waals surface area contributed by atoms with Gasteiger partial charge < -0.3 is 0 Å². The minimum absolute atomic E-state index is 0.518. The summed E-state index contributed by atoms with van der Waals surface area (Å²) in [5.74, 6) is 0.666. The lowest BCUT2D eigenvalue weighted by Crippen LogP contribution is -1.96. The molecule has 0 aliphatic heterocycles. The molecule has 0 amide bonds. The predicted molar refractivity (Wildman–Crippen MR) is 75.1 cm³/mol. The predicted octanol–water partition coefficient (Wildman–Crippen LogP) is 3.46. The molecular weight excluding hydrogens is 282 g/mol. The Balaban J connectivity index is 2.11. The van der Waals surface area contributed by atoms with Crippen LogP contribution in [-0.2, 0) is 0 Å². The molecule has 0 fully saturated rings. The van der Waals surface area contributed by atoms with Crippen molar-refractivity contribution in [3.8, 4) is 16.4 Å². The lowest BCUT2D eigenvalue weighted by Gasteiger charge is -1.97. The zero-order chi connectivity index (χ0) is 13.2. The van der Waals surface area contributed by atoms with Crippen molar-refractivity contribution in [3.63, 3.8) is 0 Å². The minimum Gasteiger partial charge on any atom is -0.298 e. The molecule has 6 heteroatoms. The van der Waals surface area contributed by atoms with Gasteiger partial charge in [0.15, 0.2) is 12.1 Å². The fraction of sp³-hybridized carbons (Fsp3) is 0. The second-order valence-electron chi connectivity index (χ2n) is 3.79. The van der Waals surface area contributed by atoms with Gasteiger partial charge in [-0.25, -0.2) is 9.67 Å². The van der Waals surface area contributed by atoms with Gasteiger partial charge in [0, 0.05) is 12.4 Å². The number of thiophene rings is 1. The van der Waals surface area contributed by atoms with Crippen molar-refractivity contribution < 1.29 is 4.79 Å². The van der Waals surface area contributed by atoms with E-state index < -0.39 is 0 Å². The molecule has 0 bridgehead atoms. The van der Waals surface area contributed by atoms with E-state index in [1.54, 1.807) is 23.1 Å². The maximum absolute atomic E-state index is 11.1. The number of halogens is 1. The van der Waals surface area contributed by atoms with Crippen LogP contribution in [0.25, 0.3) is 16.4 Å². The van der Waals surface area contributed by atoms with E-state index in [-0.39, 0.29) is 0 Å². The molecule has 3 heterocycles. The molecule has 3 aromatic heterocycles. The summed E-state index contributed by atoms with van der Waals surface area (Å²) < 4.78 is 2.26. The van der Waals surface area contributed by atoms with E-state index in [1.807, 2.05) is 24.3 Å². The van der Waals surface area contributed by atoms with Crippen molar-refractivity contribution in [1.29, 1.82) is 0 Å². The third kappa shape index (κ3) is 2.30. The molecule has 19 heavy (non-hydrogen) atoms.